The SMILES string of the molecule is CCC(N)C(c1ccccc1C)N(C)C(C)CO. The summed E-state index contributed by atoms with van der Waals surface area (Å²) in [7, 11) is 2.04. The first-order valence-electron chi connectivity index (χ1n) is 6.66. The molecular formula is C15H26N2O. The highest BCUT2D eigenvalue weighted by atomic mass is 16.3. The molecule has 1 rings (SSSR count). The van der Waals surface area contributed by atoms with E-state index in [1.807, 2.05) is 20.0 Å². The van der Waals surface area contributed by atoms with Crippen LogP contribution >= 0.6 is 0 Å². The molecule has 0 spiro atoms. The number of aliphatic hydroxyl groups excluding tert-OH is 1. The van der Waals surface area contributed by atoms with Gasteiger partial charge in [-0.05, 0) is 38.4 Å². The summed E-state index contributed by atoms with van der Waals surface area (Å²) in [4.78, 5) is 2.18. The zero-order chi connectivity index (χ0) is 13.7. The average molecular weight is 250 g/mol. The van der Waals surface area contributed by atoms with Crippen molar-refractivity contribution in [2.75, 3.05) is 13.7 Å². The molecule has 0 heterocycles. The van der Waals surface area contributed by atoms with Crippen molar-refractivity contribution in [2.45, 2.75) is 45.3 Å². The van der Waals surface area contributed by atoms with Crippen molar-refractivity contribution >= 4 is 0 Å². The van der Waals surface area contributed by atoms with Gasteiger partial charge in [-0.3, -0.25) is 4.90 Å². The molecule has 1 aromatic rings. The van der Waals surface area contributed by atoms with Crippen LogP contribution in [0.2, 0.25) is 0 Å². The topological polar surface area (TPSA) is 49.5 Å². The van der Waals surface area contributed by atoms with Crippen molar-refractivity contribution in [1.82, 2.24) is 4.90 Å². The molecule has 0 aliphatic heterocycles. The van der Waals surface area contributed by atoms with E-state index in [1.54, 1.807) is 0 Å². The molecule has 3 N–H and O–H groups in total. The lowest BCUT2D eigenvalue weighted by Crippen LogP contribution is -2.44. The van der Waals surface area contributed by atoms with E-state index in [-0.39, 0.29) is 24.7 Å². The second-order valence-corrected chi connectivity index (χ2v) is 5.07. The standard InChI is InChI=1S/C15H26N2O/c1-5-14(16)15(17(4)12(3)10-18)13-9-7-6-8-11(13)2/h6-9,12,14-15,18H,5,10,16H2,1-4H3. The molecule has 0 aliphatic carbocycles. The Labute approximate surface area is 111 Å². The Balaban J connectivity index is 3.10. The minimum Gasteiger partial charge on any atom is -0.395 e. The van der Waals surface area contributed by atoms with Gasteiger partial charge >= 0.3 is 0 Å². The Morgan fingerprint density at radius 2 is 1.94 bits per heavy atom. The quantitative estimate of drug-likeness (QED) is 0.813. The fourth-order valence-corrected chi connectivity index (χ4v) is 2.30. The highest BCUT2D eigenvalue weighted by Crippen LogP contribution is 2.27. The van der Waals surface area contributed by atoms with Crippen LogP contribution in [0, 0.1) is 6.92 Å². The first-order chi connectivity index (χ1) is 8.52. The summed E-state index contributed by atoms with van der Waals surface area (Å²) >= 11 is 0. The van der Waals surface area contributed by atoms with E-state index in [0.717, 1.165) is 6.42 Å². The molecule has 3 atom stereocenters. The Bertz CT molecular complexity index is 367. The number of aryl methyl sites for hydroxylation is 1. The maximum Gasteiger partial charge on any atom is 0.0584 e. The minimum atomic E-state index is 0.0742. The van der Waals surface area contributed by atoms with Crippen LogP contribution in [0.5, 0.6) is 0 Å². The van der Waals surface area contributed by atoms with Crippen LogP contribution in [0.4, 0.5) is 0 Å². The second kappa shape index (κ2) is 6.88. The Hall–Kier alpha value is -0.900. The fourth-order valence-electron chi connectivity index (χ4n) is 2.30. The third kappa shape index (κ3) is 3.31. The largest absolute Gasteiger partial charge is 0.395 e. The Kier molecular flexibility index (Phi) is 5.79. The molecule has 0 fully saturated rings. The van der Waals surface area contributed by atoms with Crippen LogP contribution < -0.4 is 5.73 Å². The van der Waals surface area contributed by atoms with Crippen LogP contribution in [0.25, 0.3) is 0 Å². The highest BCUT2D eigenvalue weighted by Gasteiger charge is 2.26. The molecular weight excluding hydrogens is 224 g/mol. The number of nitrogens with two attached hydrogens (primary N) is 1. The molecule has 0 bridgehead atoms. The van der Waals surface area contributed by atoms with Crippen molar-refractivity contribution in [3.63, 3.8) is 0 Å². The number of aliphatic hydroxyl groups is 1. The normalized spacial score (nSPS) is 16.6. The van der Waals surface area contributed by atoms with Crippen LogP contribution in [-0.4, -0.2) is 35.7 Å². The third-order valence-corrected chi connectivity index (χ3v) is 3.78. The summed E-state index contributed by atoms with van der Waals surface area (Å²) in [6.45, 7) is 6.39. The van der Waals surface area contributed by atoms with Gasteiger partial charge in [-0.2, -0.15) is 0 Å². The highest BCUT2D eigenvalue weighted by molar-refractivity contribution is 5.30. The summed E-state index contributed by atoms with van der Waals surface area (Å²) in [5.74, 6) is 0. The van der Waals surface area contributed by atoms with Gasteiger partial charge in [0.05, 0.1) is 12.6 Å². The van der Waals surface area contributed by atoms with E-state index in [4.69, 9.17) is 5.73 Å². The zero-order valence-electron chi connectivity index (χ0n) is 11.9. The predicted octanol–water partition coefficient (Wildman–Crippen LogP) is 2.09. The van der Waals surface area contributed by atoms with Crippen molar-refractivity contribution in [3.8, 4) is 0 Å². The van der Waals surface area contributed by atoms with E-state index in [0.29, 0.717) is 0 Å². The molecule has 18 heavy (non-hydrogen) atoms. The monoisotopic (exact) mass is 250 g/mol. The van der Waals surface area contributed by atoms with Crippen LogP contribution in [0.1, 0.15) is 37.4 Å². The summed E-state index contributed by atoms with van der Waals surface area (Å²) in [5, 5.41) is 9.34. The maximum absolute atomic E-state index is 9.34. The van der Waals surface area contributed by atoms with Gasteiger partial charge in [0, 0.05) is 12.1 Å². The number of hydrogen-bond acceptors (Lipinski definition) is 3. The lowest BCUT2D eigenvalue weighted by atomic mass is 9.92. The summed E-state index contributed by atoms with van der Waals surface area (Å²) in [6.07, 6.45) is 0.918. The molecule has 102 valence electrons. The number of nitrogens with zero attached hydrogens (tertiary/aromatic N) is 1. The van der Waals surface area contributed by atoms with Gasteiger partial charge in [-0.1, -0.05) is 31.2 Å². The van der Waals surface area contributed by atoms with Gasteiger partial charge in [0.1, 0.15) is 0 Å². The average Bonchev–Trinajstić information content (AvgIpc) is 2.39. The zero-order valence-corrected chi connectivity index (χ0v) is 11.9. The Morgan fingerprint density at radius 1 is 1.33 bits per heavy atom. The number of benzene rings is 1. The lowest BCUT2D eigenvalue weighted by Gasteiger charge is -2.37. The fraction of sp³-hybridized carbons (Fsp3) is 0.600. The molecule has 3 unspecified atom stereocenters. The van der Waals surface area contributed by atoms with E-state index in [2.05, 4.69) is 36.9 Å². The van der Waals surface area contributed by atoms with Crippen molar-refractivity contribution in [2.24, 2.45) is 5.73 Å². The maximum atomic E-state index is 9.34. The smallest absolute Gasteiger partial charge is 0.0584 e. The van der Waals surface area contributed by atoms with Gasteiger partial charge in [-0.25, -0.2) is 0 Å². The number of rotatable bonds is 6. The Morgan fingerprint density at radius 3 is 2.44 bits per heavy atom. The molecule has 0 aliphatic rings. The molecule has 3 heteroatoms. The third-order valence-electron chi connectivity index (χ3n) is 3.78. The van der Waals surface area contributed by atoms with Gasteiger partial charge < -0.3 is 10.8 Å². The molecule has 1 aromatic carbocycles. The van der Waals surface area contributed by atoms with Crippen molar-refractivity contribution in [1.29, 1.82) is 0 Å². The summed E-state index contributed by atoms with van der Waals surface area (Å²) in [6, 6.07) is 8.67. The van der Waals surface area contributed by atoms with Gasteiger partial charge in [0.2, 0.25) is 0 Å². The minimum absolute atomic E-state index is 0.0742. The van der Waals surface area contributed by atoms with Crippen molar-refractivity contribution in [3.05, 3.63) is 35.4 Å². The van der Waals surface area contributed by atoms with E-state index < -0.39 is 0 Å². The lowest BCUT2D eigenvalue weighted by molar-refractivity contribution is 0.105. The first-order valence-corrected chi connectivity index (χ1v) is 6.66. The van der Waals surface area contributed by atoms with E-state index >= 15 is 0 Å². The number of hydrogen-bond donors (Lipinski definition) is 2. The van der Waals surface area contributed by atoms with E-state index in [9.17, 15) is 5.11 Å². The molecule has 0 aromatic heterocycles. The second-order valence-electron chi connectivity index (χ2n) is 5.07. The van der Waals surface area contributed by atoms with Crippen LogP contribution in [0.3, 0.4) is 0 Å². The van der Waals surface area contributed by atoms with Crippen LogP contribution in [0.15, 0.2) is 24.3 Å². The summed E-state index contributed by atoms with van der Waals surface area (Å²) < 4.78 is 0. The van der Waals surface area contributed by atoms with Gasteiger partial charge in [0.25, 0.3) is 0 Å². The molecule has 3 nitrogen and oxygen atoms in total. The predicted molar refractivity (Wildman–Crippen MR) is 76.5 cm³/mol. The van der Waals surface area contributed by atoms with Gasteiger partial charge in [0.15, 0.2) is 0 Å². The number of likely N-dealkylation sites (N-methyl/N-ethyl adjacent to an activating group) is 1. The van der Waals surface area contributed by atoms with Gasteiger partial charge in [-0.15, -0.1) is 0 Å². The molecule has 0 saturated heterocycles. The molecule has 0 amide bonds. The van der Waals surface area contributed by atoms with E-state index in [1.165, 1.54) is 11.1 Å². The molecule has 0 saturated carbocycles. The summed E-state index contributed by atoms with van der Waals surface area (Å²) in [5.41, 5.74) is 8.80. The van der Waals surface area contributed by atoms with Crippen LogP contribution in [-0.2, 0) is 0 Å². The molecule has 0 radical (unpaired) electrons. The van der Waals surface area contributed by atoms with Crippen molar-refractivity contribution < 1.29 is 5.11 Å². The first kappa shape index (κ1) is 15.2.